The van der Waals surface area contributed by atoms with Crippen molar-refractivity contribution in [2.45, 2.75) is 57.0 Å². The number of hydrogen-bond donors (Lipinski definition) is 3. The van der Waals surface area contributed by atoms with Gasteiger partial charge >= 0.3 is 6.18 Å². The largest absolute Gasteiger partial charge is 0.493 e. The maximum atomic E-state index is 14.2. The first-order valence-electron chi connectivity index (χ1n) is 15.8. The molecule has 13 heteroatoms. The number of hydrogen-bond acceptors (Lipinski definition) is 9. The number of amides is 1. The number of alkyl halides is 3. The van der Waals surface area contributed by atoms with Crippen molar-refractivity contribution in [3.05, 3.63) is 72.4 Å². The van der Waals surface area contributed by atoms with Crippen LogP contribution in [0.4, 0.5) is 30.2 Å². The fraction of sp³-hybridized carbons (Fsp3) is 0.371. The number of methoxy groups -OCH3 is 2. The second-order valence-corrected chi connectivity index (χ2v) is 12.0. The van der Waals surface area contributed by atoms with E-state index in [9.17, 15) is 13.2 Å². The Morgan fingerprint density at radius 1 is 0.917 bits per heavy atom. The van der Waals surface area contributed by atoms with Crippen molar-refractivity contribution in [3.8, 4) is 23.0 Å². The van der Waals surface area contributed by atoms with E-state index in [0.717, 1.165) is 18.2 Å². The molecular weight excluding hydrogens is 643 g/mol. The van der Waals surface area contributed by atoms with Crippen molar-refractivity contribution in [2.24, 2.45) is 5.73 Å². The number of nitrogens with one attached hydrogen (secondary N) is 2. The molecule has 0 atom stereocenters. The highest BCUT2D eigenvalue weighted by Crippen LogP contribution is 2.41. The minimum Gasteiger partial charge on any atom is -0.493 e. The summed E-state index contributed by atoms with van der Waals surface area (Å²) in [6.07, 6.45) is 1.53. The standard InChI is InChI=1S/C32H33F3N4O3S.C2H6.CH3NO/c1-40-30-18-25-27(19-31(30)41-2)36-13-10-29(25)42-23-5-3-4-21(16-23)37-22-6-9-28(26(17-22)32(33,34)35)39-14-11-20(12-15-39)38-43-24-7-8-24;1-2;2-1-3/h3-6,9-10,13,16-20,24,37-38H,7-8,11-12,14-15H2,1-2H3;1-2H3;1H,(H2,2,3). The first-order chi connectivity index (χ1) is 23.2. The Morgan fingerprint density at radius 2 is 1.58 bits per heavy atom. The fourth-order valence-electron chi connectivity index (χ4n) is 5.20. The highest BCUT2D eigenvalue weighted by atomic mass is 32.2. The highest BCUT2D eigenvalue weighted by molar-refractivity contribution is 7.98. The van der Waals surface area contributed by atoms with E-state index in [1.807, 2.05) is 18.7 Å². The van der Waals surface area contributed by atoms with Crippen molar-refractivity contribution < 1.29 is 32.2 Å². The predicted molar refractivity (Wildman–Crippen MR) is 187 cm³/mol. The normalized spacial score (nSPS) is 14.6. The molecule has 2 aliphatic rings. The van der Waals surface area contributed by atoms with Gasteiger partial charge in [-0.05, 0) is 68.1 Å². The van der Waals surface area contributed by atoms with Crippen LogP contribution in [0.25, 0.3) is 10.9 Å². The Labute approximate surface area is 283 Å². The molecule has 0 bridgehead atoms. The molecule has 1 saturated heterocycles. The summed E-state index contributed by atoms with van der Waals surface area (Å²) in [7, 11) is 3.12. The molecule has 9 nitrogen and oxygen atoms in total. The second kappa shape index (κ2) is 17.2. The minimum absolute atomic E-state index is 0.222. The van der Waals surface area contributed by atoms with Crippen molar-refractivity contribution in [3.63, 3.8) is 0 Å². The van der Waals surface area contributed by atoms with Crippen LogP contribution in [-0.2, 0) is 11.0 Å². The third kappa shape index (κ3) is 9.60. The molecule has 1 aliphatic heterocycles. The lowest BCUT2D eigenvalue weighted by molar-refractivity contribution is -0.137. The Balaban J connectivity index is 0.000000986. The van der Waals surface area contributed by atoms with Crippen LogP contribution in [0.1, 0.15) is 45.1 Å². The fourth-order valence-corrected chi connectivity index (χ4v) is 6.19. The first-order valence-corrected chi connectivity index (χ1v) is 16.7. The average molecular weight is 686 g/mol. The molecular formula is C35H42F3N5O4S. The summed E-state index contributed by atoms with van der Waals surface area (Å²) in [6.45, 7) is 5.17. The van der Waals surface area contributed by atoms with E-state index in [1.165, 1.54) is 18.9 Å². The number of piperidine rings is 1. The number of primary amides is 1. The Hall–Kier alpha value is -4.36. The number of benzene rings is 3. The zero-order valence-corrected chi connectivity index (χ0v) is 28.3. The summed E-state index contributed by atoms with van der Waals surface area (Å²) in [4.78, 5) is 14.8. The second-order valence-electron chi connectivity index (χ2n) is 10.9. The zero-order valence-electron chi connectivity index (χ0n) is 27.5. The molecule has 1 amide bonds. The topological polar surface area (TPSA) is 111 Å². The molecule has 0 spiro atoms. The van der Waals surface area contributed by atoms with Crippen LogP contribution >= 0.6 is 11.9 Å². The molecule has 4 aromatic rings. The van der Waals surface area contributed by atoms with Gasteiger partial charge in [0.25, 0.3) is 0 Å². The predicted octanol–water partition coefficient (Wildman–Crippen LogP) is 8.30. The lowest BCUT2D eigenvalue weighted by Gasteiger charge is -2.35. The van der Waals surface area contributed by atoms with Crippen LogP contribution < -0.4 is 34.9 Å². The van der Waals surface area contributed by atoms with Gasteiger partial charge < -0.3 is 30.2 Å². The van der Waals surface area contributed by atoms with Gasteiger partial charge in [-0.25, -0.2) is 0 Å². The van der Waals surface area contributed by atoms with Gasteiger partial charge in [0.2, 0.25) is 6.41 Å². The molecule has 1 aromatic heterocycles. The monoisotopic (exact) mass is 685 g/mol. The molecule has 2 heterocycles. The number of ether oxygens (including phenoxy) is 3. The smallest absolute Gasteiger partial charge is 0.418 e. The van der Waals surface area contributed by atoms with Gasteiger partial charge in [0.1, 0.15) is 11.5 Å². The first kappa shape index (κ1) is 36.5. The number of fused-ring (bicyclic) bond motifs is 1. The van der Waals surface area contributed by atoms with E-state index in [1.54, 1.807) is 87.0 Å². The zero-order chi connectivity index (χ0) is 34.7. The number of aromatic nitrogens is 1. The van der Waals surface area contributed by atoms with Gasteiger partial charge in [0.05, 0.1) is 25.3 Å². The molecule has 1 saturated carbocycles. The van der Waals surface area contributed by atoms with Crippen LogP contribution in [0.15, 0.2) is 66.9 Å². The number of halogens is 3. The van der Waals surface area contributed by atoms with Crippen molar-refractivity contribution >= 4 is 46.3 Å². The van der Waals surface area contributed by atoms with Gasteiger partial charge in [-0.1, -0.05) is 31.9 Å². The lowest BCUT2D eigenvalue weighted by Crippen LogP contribution is -2.41. The van der Waals surface area contributed by atoms with E-state index >= 15 is 0 Å². The Kier molecular flexibility index (Phi) is 13.0. The van der Waals surface area contributed by atoms with Crippen LogP contribution in [0.2, 0.25) is 0 Å². The number of nitrogens with zero attached hydrogens (tertiary/aromatic N) is 2. The third-order valence-corrected chi connectivity index (χ3v) is 8.89. The van der Waals surface area contributed by atoms with Gasteiger partial charge in [-0.3, -0.25) is 14.5 Å². The van der Waals surface area contributed by atoms with Crippen LogP contribution in [-0.4, -0.2) is 50.0 Å². The number of anilines is 3. The third-order valence-electron chi connectivity index (χ3n) is 7.62. The van der Waals surface area contributed by atoms with Crippen molar-refractivity contribution in [1.82, 2.24) is 9.71 Å². The number of pyridine rings is 1. The van der Waals surface area contributed by atoms with Gasteiger partial charge in [-0.2, -0.15) is 13.2 Å². The molecule has 6 rings (SSSR count). The van der Waals surface area contributed by atoms with Gasteiger partial charge in [0, 0.05) is 65.2 Å². The summed E-state index contributed by atoms with van der Waals surface area (Å²) in [5.74, 6) is 2.16. The number of nitrogens with two attached hydrogens (primary N) is 1. The number of carbonyl (C=O) groups is 1. The SMILES string of the molecule is CC.COc1cc2nccc(Oc3cccc(Nc4ccc(N5CCC(NSC6CC6)CC5)c(C(F)(F)F)c4)c3)c2cc1OC.NC=O. The molecule has 258 valence electrons. The lowest BCUT2D eigenvalue weighted by atomic mass is 10.0. The molecule has 2 fully saturated rings. The van der Waals surface area contributed by atoms with E-state index in [4.69, 9.17) is 19.0 Å². The quantitative estimate of drug-likeness (QED) is 0.112. The average Bonchev–Trinajstić information content (AvgIpc) is 3.93. The maximum Gasteiger partial charge on any atom is 0.418 e. The minimum atomic E-state index is -4.49. The van der Waals surface area contributed by atoms with Crippen molar-refractivity contribution in [2.75, 3.05) is 37.5 Å². The summed E-state index contributed by atoms with van der Waals surface area (Å²) in [5, 5.41) is 4.55. The van der Waals surface area contributed by atoms with Crippen LogP contribution in [0, 0.1) is 0 Å². The van der Waals surface area contributed by atoms with E-state index < -0.39 is 11.7 Å². The summed E-state index contributed by atoms with van der Waals surface area (Å²) >= 11 is 1.78. The van der Waals surface area contributed by atoms with Gasteiger partial charge in [0.15, 0.2) is 11.5 Å². The van der Waals surface area contributed by atoms with E-state index in [2.05, 4.69) is 20.8 Å². The molecule has 1 aliphatic carbocycles. The molecule has 0 unspecified atom stereocenters. The summed E-state index contributed by atoms with van der Waals surface area (Å²) in [6, 6.07) is 17.2. The number of carbonyl (C=O) groups excluding carboxylic acids is 1. The van der Waals surface area contributed by atoms with Crippen molar-refractivity contribution in [1.29, 1.82) is 0 Å². The van der Waals surface area contributed by atoms with Crippen LogP contribution in [0.5, 0.6) is 23.0 Å². The summed E-state index contributed by atoms with van der Waals surface area (Å²) in [5.41, 5.74) is 5.35. The Morgan fingerprint density at radius 3 is 2.23 bits per heavy atom. The van der Waals surface area contributed by atoms with E-state index in [-0.39, 0.29) is 12.1 Å². The van der Waals surface area contributed by atoms with Gasteiger partial charge in [-0.15, -0.1) is 0 Å². The Bertz CT molecular complexity index is 1650. The van der Waals surface area contributed by atoms with E-state index in [0.29, 0.717) is 64.3 Å². The molecule has 48 heavy (non-hydrogen) atoms. The molecule has 0 radical (unpaired) electrons. The molecule has 4 N–H and O–H groups in total. The molecule has 3 aromatic carbocycles. The van der Waals surface area contributed by atoms with Crippen LogP contribution in [0.3, 0.4) is 0 Å². The number of rotatable bonds is 10. The summed E-state index contributed by atoms with van der Waals surface area (Å²) < 4.78 is 63.2. The maximum absolute atomic E-state index is 14.2. The highest BCUT2D eigenvalue weighted by Gasteiger charge is 2.36.